The van der Waals surface area contributed by atoms with Gasteiger partial charge in [0.15, 0.2) is 5.65 Å². The van der Waals surface area contributed by atoms with E-state index in [2.05, 4.69) is 25.9 Å². The van der Waals surface area contributed by atoms with Gasteiger partial charge in [0.1, 0.15) is 11.3 Å². The number of pyridine rings is 2. The number of aromatic nitrogens is 4. The molecule has 0 saturated carbocycles. The first-order chi connectivity index (χ1) is 10.9. The highest BCUT2D eigenvalue weighted by molar-refractivity contribution is 5.73. The van der Waals surface area contributed by atoms with Crippen molar-refractivity contribution in [1.82, 2.24) is 24.8 Å². The highest BCUT2D eigenvalue weighted by Gasteiger charge is 2.19. The van der Waals surface area contributed by atoms with Gasteiger partial charge in [-0.2, -0.15) is 0 Å². The molecule has 1 fully saturated rings. The van der Waals surface area contributed by atoms with E-state index in [0.29, 0.717) is 5.92 Å². The molecular formula is C17H19N5. The van der Waals surface area contributed by atoms with Crippen molar-refractivity contribution in [3.05, 3.63) is 48.7 Å². The number of imidazole rings is 1. The molecule has 1 aliphatic rings. The van der Waals surface area contributed by atoms with E-state index in [0.717, 1.165) is 42.2 Å². The molecule has 1 N–H and O–H groups in total. The average Bonchev–Trinajstić information content (AvgIpc) is 2.94. The second-order valence-electron chi connectivity index (χ2n) is 5.82. The Balaban J connectivity index is 1.79. The molecule has 5 nitrogen and oxygen atoms in total. The van der Waals surface area contributed by atoms with Crippen molar-refractivity contribution in [2.75, 3.05) is 13.1 Å². The third-order valence-corrected chi connectivity index (χ3v) is 4.32. The Morgan fingerprint density at radius 1 is 1.14 bits per heavy atom. The number of hydrogen-bond donors (Lipinski definition) is 1. The number of rotatable bonds is 3. The molecule has 1 aliphatic heterocycles. The molecule has 1 saturated heterocycles. The first kappa shape index (κ1) is 13.4. The van der Waals surface area contributed by atoms with Gasteiger partial charge in [0, 0.05) is 18.8 Å². The summed E-state index contributed by atoms with van der Waals surface area (Å²) < 4.78 is 2.16. The van der Waals surface area contributed by atoms with Crippen molar-refractivity contribution in [1.29, 1.82) is 0 Å². The van der Waals surface area contributed by atoms with Crippen LogP contribution in [0.4, 0.5) is 0 Å². The topological polar surface area (TPSA) is 55.6 Å². The second kappa shape index (κ2) is 5.85. The second-order valence-corrected chi connectivity index (χ2v) is 5.82. The van der Waals surface area contributed by atoms with Crippen molar-refractivity contribution in [2.24, 2.45) is 5.92 Å². The Morgan fingerprint density at radius 2 is 2.00 bits per heavy atom. The van der Waals surface area contributed by atoms with E-state index >= 15 is 0 Å². The molecule has 5 heteroatoms. The van der Waals surface area contributed by atoms with Gasteiger partial charge >= 0.3 is 0 Å². The van der Waals surface area contributed by atoms with E-state index in [1.54, 1.807) is 6.20 Å². The number of nitrogens with one attached hydrogen (secondary N) is 1. The summed E-state index contributed by atoms with van der Waals surface area (Å²) in [4.78, 5) is 13.6. The lowest BCUT2D eigenvalue weighted by Gasteiger charge is -2.22. The standard InChI is InChI=1S/C17H19N5/c1-3-14(12-19-7-1)22-16(11-13-5-9-18-10-6-13)21-15-4-2-8-20-17(15)22/h1-4,7-8,12-13,18H,5-6,9-11H2. The number of hydrogen-bond acceptors (Lipinski definition) is 4. The molecule has 0 atom stereocenters. The minimum absolute atomic E-state index is 0.688. The van der Waals surface area contributed by atoms with Gasteiger partial charge in [-0.05, 0) is 56.1 Å². The summed E-state index contributed by atoms with van der Waals surface area (Å²) in [5.74, 6) is 1.78. The highest BCUT2D eigenvalue weighted by atomic mass is 15.1. The molecule has 112 valence electrons. The van der Waals surface area contributed by atoms with E-state index in [1.165, 1.54) is 12.8 Å². The monoisotopic (exact) mass is 293 g/mol. The molecule has 3 aromatic rings. The van der Waals surface area contributed by atoms with Gasteiger partial charge in [0.25, 0.3) is 0 Å². The minimum Gasteiger partial charge on any atom is -0.317 e. The third kappa shape index (κ3) is 2.48. The Hall–Kier alpha value is -2.27. The maximum absolute atomic E-state index is 4.84. The van der Waals surface area contributed by atoms with Crippen molar-refractivity contribution < 1.29 is 0 Å². The Morgan fingerprint density at radius 3 is 2.82 bits per heavy atom. The normalized spacial score (nSPS) is 16.2. The molecule has 0 aliphatic carbocycles. The first-order valence-corrected chi connectivity index (χ1v) is 7.85. The van der Waals surface area contributed by atoms with Crippen LogP contribution >= 0.6 is 0 Å². The van der Waals surface area contributed by atoms with Crippen molar-refractivity contribution in [3.8, 4) is 5.69 Å². The molecular weight excluding hydrogens is 274 g/mol. The van der Waals surface area contributed by atoms with Crippen LogP contribution in [0.25, 0.3) is 16.9 Å². The van der Waals surface area contributed by atoms with E-state index in [9.17, 15) is 0 Å². The van der Waals surface area contributed by atoms with Crippen LogP contribution in [0.2, 0.25) is 0 Å². The number of fused-ring (bicyclic) bond motifs is 1. The quantitative estimate of drug-likeness (QED) is 0.805. The predicted octanol–water partition coefficient (Wildman–Crippen LogP) is 2.36. The zero-order chi connectivity index (χ0) is 14.8. The third-order valence-electron chi connectivity index (χ3n) is 4.32. The smallest absolute Gasteiger partial charge is 0.164 e. The van der Waals surface area contributed by atoms with Gasteiger partial charge < -0.3 is 5.32 Å². The van der Waals surface area contributed by atoms with Crippen LogP contribution in [0.15, 0.2) is 42.9 Å². The van der Waals surface area contributed by atoms with E-state index in [1.807, 2.05) is 30.6 Å². The fourth-order valence-electron chi connectivity index (χ4n) is 3.20. The maximum atomic E-state index is 4.84. The maximum Gasteiger partial charge on any atom is 0.164 e. The molecule has 0 aromatic carbocycles. The van der Waals surface area contributed by atoms with E-state index in [4.69, 9.17) is 4.98 Å². The summed E-state index contributed by atoms with van der Waals surface area (Å²) in [6.07, 6.45) is 8.91. The molecule has 4 rings (SSSR count). The summed E-state index contributed by atoms with van der Waals surface area (Å²) in [6, 6.07) is 7.99. The van der Waals surface area contributed by atoms with E-state index in [-0.39, 0.29) is 0 Å². The van der Waals surface area contributed by atoms with Crippen LogP contribution in [0.3, 0.4) is 0 Å². The fraction of sp³-hybridized carbons (Fsp3) is 0.353. The van der Waals surface area contributed by atoms with Crippen LogP contribution in [-0.2, 0) is 6.42 Å². The Labute approximate surface area is 129 Å². The van der Waals surface area contributed by atoms with Crippen LogP contribution in [0.1, 0.15) is 18.7 Å². The summed E-state index contributed by atoms with van der Waals surface area (Å²) >= 11 is 0. The van der Waals surface area contributed by atoms with Crippen molar-refractivity contribution in [3.63, 3.8) is 0 Å². The van der Waals surface area contributed by atoms with Gasteiger partial charge in [0.05, 0.1) is 11.9 Å². The lowest BCUT2D eigenvalue weighted by molar-refractivity contribution is 0.366. The van der Waals surface area contributed by atoms with Crippen LogP contribution < -0.4 is 5.32 Å². The van der Waals surface area contributed by atoms with Gasteiger partial charge in [-0.15, -0.1) is 0 Å². The molecule has 22 heavy (non-hydrogen) atoms. The molecule has 0 bridgehead atoms. The zero-order valence-electron chi connectivity index (χ0n) is 12.4. The van der Waals surface area contributed by atoms with Gasteiger partial charge in [-0.25, -0.2) is 9.97 Å². The largest absolute Gasteiger partial charge is 0.317 e. The van der Waals surface area contributed by atoms with Crippen molar-refractivity contribution >= 4 is 11.2 Å². The minimum atomic E-state index is 0.688. The summed E-state index contributed by atoms with van der Waals surface area (Å²) in [7, 11) is 0. The Kier molecular flexibility index (Phi) is 3.56. The number of nitrogens with zero attached hydrogens (tertiary/aromatic N) is 4. The van der Waals surface area contributed by atoms with Gasteiger partial charge in [-0.3, -0.25) is 9.55 Å². The lowest BCUT2D eigenvalue weighted by Crippen LogP contribution is -2.29. The molecule has 0 unspecified atom stereocenters. The summed E-state index contributed by atoms with van der Waals surface area (Å²) in [6.45, 7) is 2.21. The highest BCUT2D eigenvalue weighted by Crippen LogP contribution is 2.24. The molecule has 0 spiro atoms. The van der Waals surface area contributed by atoms with E-state index < -0.39 is 0 Å². The fourth-order valence-corrected chi connectivity index (χ4v) is 3.20. The SMILES string of the molecule is c1cncc(-n2c(CC3CCNCC3)nc3cccnc32)c1. The molecule has 0 radical (unpaired) electrons. The van der Waals surface area contributed by atoms with Crippen molar-refractivity contribution in [2.45, 2.75) is 19.3 Å². The number of piperidine rings is 1. The van der Waals surface area contributed by atoms with Gasteiger partial charge in [0.2, 0.25) is 0 Å². The molecule has 3 aromatic heterocycles. The summed E-state index contributed by atoms with van der Waals surface area (Å²) in [5.41, 5.74) is 2.90. The first-order valence-electron chi connectivity index (χ1n) is 7.85. The molecule has 0 amide bonds. The average molecular weight is 293 g/mol. The Bertz CT molecular complexity index is 759. The lowest BCUT2D eigenvalue weighted by atomic mass is 9.94. The van der Waals surface area contributed by atoms with Gasteiger partial charge in [-0.1, -0.05) is 0 Å². The van der Waals surface area contributed by atoms with Crippen LogP contribution in [-0.4, -0.2) is 32.6 Å². The summed E-state index contributed by atoms with van der Waals surface area (Å²) in [5, 5.41) is 3.42. The predicted molar refractivity (Wildman–Crippen MR) is 86.0 cm³/mol. The van der Waals surface area contributed by atoms with Crippen LogP contribution in [0, 0.1) is 5.92 Å². The molecule has 4 heterocycles. The van der Waals surface area contributed by atoms with Crippen LogP contribution in [0.5, 0.6) is 0 Å². The zero-order valence-corrected chi connectivity index (χ0v) is 12.4.